The first-order valence-electron chi connectivity index (χ1n) is 9.45. The molecule has 0 aliphatic carbocycles. The molecule has 2 aromatic carbocycles. The number of aromatic nitrogens is 3. The van der Waals surface area contributed by atoms with Gasteiger partial charge in [0.1, 0.15) is 5.82 Å². The van der Waals surface area contributed by atoms with E-state index in [4.69, 9.17) is 4.74 Å². The van der Waals surface area contributed by atoms with Crippen molar-refractivity contribution in [2.75, 3.05) is 11.6 Å². The van der Waals surface area contributed by atoms with Crippen LogP contribution in [-0.4, -0.2) is 39.0 Å². The second-order valence-corrected chi connectivity index (χ2v) is 7.74. The Bertz CT molecular complexity index is 1080. The molecule has 1 amide bonds. The molecule has 0 radical (unpaired) electrons. The van der Waals surface area contributed by atoms with Crippen LogP contribution in [0.4, 0.5) is 5.69 Å². The van der Waals surface area contributed by atoms with E-state index >= 15 is 0 Å². The molecule has 0 aliphatic rings. The molecule has 7 nitrogen and oxygen atoms in total. The lowest BCUT2D eigenvalue weighted by Gasteiger charge is -2.15. The van der Waals surface area contributed by atoms with Crippen molar-refractivity contribution >= 4 is 29.3 Å². The Kier molecular flexibility index (Phi) is 6.56. The quantitative estimate of drug-likeness (QED) is 0.474. The summed E-state index contributed by atoms with van der Waals surface area (Å²) < 4.78 is 7.25. The molecule has 0 spiro atoms. The van der Waals surface area contributed by atoms with Crippen LogP contribution in [0.3, 0.4) is 0 Å². The van der Waals surface area contributed by atoms with Gasteiger partial charge in [-0.25, -0.2) is 4.79 Å². The molecule has 3 aromatic rings. The van der Waals surface area contributed by atoms with Gasteiger partial charge >= 0.3 is 5.97 Å². The van der Waals surface area contributed by atoms with Crippen LogP contribution in [0.1, 0.15) is 34.2 Å². The van der Waals surface area contributed by atoms with E-state index in [-0.39, 0.29) is 5.91 Å². The van der Waals surface area contributed by atoms with Gasteiger partial charge in [0.15, 0.2) is 11.3 Å². The lowest BCUT2D eigenvalue weighted by Crippen LogP contribution is -2.30. The zero-order valence-electron chi connectivity index (χ0n) is 17.6. The number of esters is 1. The van der Waals surface area contributed by atoms with Crippen LogP contribution in [0.5, 0.6) is 0 Å². The maximum absolute atomic E-state index is 12.5. The summed E-state index contributed by atoms with van der Waals surface area (Å²) in [5.41, 5.74) is 3.97. The Morgan fingerprint density at radius 1 is 1.07 bits per heavy atom. The second kappa shape index (κ2) is 9.13. The summed E-state index contributed by atoms with van der Waals surface area (Å²) in [7, 11) is 0. The normalized spacial score (nSPS) is 11.8. The number of carbonyl (C=O) groups is 2. The van der Waals surface area contributed by atoms with E-state index in [0.29, 0.717) is 11.3 Å². The van der Waals surface area contributed by atoms with E-state index in [0.717, 1.165) is 27.8 Å². The van der Waals surface area contributed by atoms with Crippen LogP contribution in [0, 0.1) is 20.8 Å². The fourth-order valence-corrected chi connectivity index (χ4v) is 3.53. The summed E-state index contributed by atoms with van der Waals surface area (Å²) in [5.74, 6) is -0.182. The molecular weight excluding hydrogens is 400 g/mol. The number of ether oxygens (including phenoxy) is 1. The van der Waals surface area contributed by atoms with Crippen molar-refractivity contribution in [1.82, 2.24) is 14.8 Å². The lowest BCUT2D eigenvalue weighted by atomic mass is 10.1. The zero-order valence-corrected chi connectivity index (χ0v) is 18.4. The molecule has 0 bridgehead atoms. The van der Waals surface area contributed by atoms with Crippen molar-refractivity contribution in [3.8, 4) is 5.69 Å². The topological polar surface area (TPSA) is 86.1 Å². The Labute approximate surface area is 179 Å². The molecule has 156 valence electrons. The third-order valence-electron chi connectivity index (χ3n) is 4.63. The van der Waals surface area contributed by atoms with E-state index in [1.54, 1.807) is 31.2 Å². The van der Waals surface area contributed by atoms with Crippen LogP contribution in [0.15, 0.2) is 47.6 Å². The summed E-state index contributed by atoms with van der Waals surface area (Å²) in [6.07, 6.45) is 0.997. The van der Waals surface area contributed by atoms with Crippen LogP contribution in [-0.2, 0) is 9.53 Å². The largest absolute Gasteiger partial charge is 0.449 e. The third-order valence-corrected chi connectivity index (χ3v) is 5.26. The van der Waals surface area contributed by atoms with Crippen molar-refractivity contribution in [2.45, 2.75) is 39.0 Å². The van der Waals surface area contributed by atoms with Crippen LogP contribution in [0.2, 0.25) is 0 Å². The maximum Gasteiger partial charge on any atom is 0.338 e. The van der Waals surface area contributed by atoms with Crippen LogP contribution in [0.25, 0.3) is 5.69 Å². The fourth-order valence-electron chi connectivity index (χ4n) is 2.99. The highest BCUT2D eigenvalue weighted by atomic mass is 32.2. The Balaban J connectivity index is 1.66. The van der Waals surface area contributed by atoms with Crippen molar-refractivity contribution < 1.29 is 14.3 Å². The zero-order chi connectivity index (χ0) is 21.8. The van der Waals surface area contributed by atoms with Crippen molar-refractivity contribution in [3.05, 3.63) is 65.0 Å². The molecular formula is C22H24N4O3S. The molecule has 1 aromatic heterocycles. The van der Waals surface area contributed by atoms with Gasteiger partial charge in [-0.15, -0.1) is 10.2 Å². The van der Waals surface area contributed by atoms with E-state index in [9.17, 15) is 9.59 Å². The van der Waals surface area contributed by atoms with E-state index in [1.165, 1.54) is 11.8 Å². The van der Waals surface area contributed by atoms with Gasteiger partial charge in [-0.3, -0.25) is 9.36 Å². The highest BCUT2D eigenvalue weighted by molar-refractivity contribution is 7.98. The van der Waals surface area contributed by atoms with Crippen LogP contribution < -0.4 is 5.32 Å². The fraction of sp³-hybridized carbons (Fsp3) is 0.273. The molecule has 1 unspecified atom stereocenters. The number of thioether (sulfide) groups is 1. The maximum atomic E-state index is 12.5. The molecule has 0 aliphatic heterocycles. The number of amides is 1. The van der Waals surface area contributed by atoms with Crippen molar-refractivity contribution in [2.24, 2.45) is 0 Å². The molecule has 0 saturated carbocycles. The molecule has 0 fully saturated rings. The number of nitrogens with one attached hydrogen (secondary N) is 1. The molecule has 0 saturated heterocycles. The van der Waals surface area contributed by atoms with E-state index in [1.807, 2.05) is 49.8 Å². The van der Waals surface area contributed by atoms with Crippen molar-refractivity contribution in [3.63, 3.8) is 0 Å². The van der Waals surface area contributed by atoms with Gasteiger partial charge < -0.3 is 10.1 Å². The van der Waals surface area contributed by atoms with Gasteiger partial charge in [0, 0.05) is 11.4 Å². The first kappa shape index (κ1) is 21.6. The number of rotatable bonds is 6. The number of hydrogen-bond acceptors (Lipinski definition) is 6. The Morgan fingerprint density at radius 2 is 1.77 bits per heavy atom. The minimum atomic E-state index is -0.930. The number of carbonyl (C=O) groups excluding carboxylic acids is 2. The monoisotopic (exact) mass is 424 g/mol. The van der Waals surface area contributed by atoms with Gasteiger partial charge in [0.25, 0.3) is 5.91 Å². The molecule has 1 N–H and O–H groups in total. The summed E-state index contributed by atoms with van der Waals surface area (Å²) in [6, 6.07) is 12.7. The smallest absolute Gasteiger partial charge is 0.338 e. The first-order chi connectivity index (χ1) is 14.3. The molecule has 30 heavy (non-hydrogen) atoms. The molecule has 3 rings (SSSR count). The lowest BCUT2D eigenvalue weighted by molar-refractivity contribution is -0.123. The predicted molar refractivity (Wildman–Crippen MR) is 117 cm³/mol. The molecule has 8 heteroatoms. The number of aryl methyl sites for hydroxylation is 3. The standard InChI is InChI=1S/C22H24N4O3S/c1-13-6-11-19(14(2)12-13)23-20(27)15(3)29-21(28)17-7-9-18(10-8-17)26-16(4)24-25-22(26)30-5/h6-12,15H,1-5H3,(H,23,27). The van der Waals surface area contributed by atoms with E-state index in [2.05, 4.69) is 15.5 Å². The molecule has 1 atom stereocenters. The molecule has 1 heterocycles. The Morgan fingerprint density at radius 3 is 2.40 bits per heavy atom. The number of benzene rings is 2. The highest BCUT2D eigenvalue weighted by Gasteiger charge is 2.20. The van der Waals surface area contributed by atoms with Gasteiger partial charge in [-0.1, -0.05) is 29.5 Å². The Hall–Kier alpha value is -3.13. The third kappa shape index (κ3) is 4.71. The second-order valence-electron chi connectivity index (χ2n) is 6.97. The summed E-state index contributed by atoms with van der Waals surface area (Å²) in [5, 5.41) is 11.8. The minimum absolute atomic E-state index is 0.362. The van der Waals surface area contributed by atoms with Gasteiger partial charge in [-0.2, -0.15) is 0 Å². The SMILES string of the molecule is CSc1nnc(C)n1-c1ccc(C(=O)OC(C)C(=O)Nc2ccc(C)cc2C)cc1. The van der Waals surface area contributed by atoms with Gasteiger partial charge in [-0.05, 0) is 69.8 Å². The average molecular weight is 425 g/mol. The van der Waals surface area contributed by atoms with Gasteiger partial charge in [0.05, 0.1) is 5.56 Å². The number of anilines is 1. The highest BCUT2D eigenvalue weighted by Crippen LogP contribution is 2.21. The van der Waals surface area contributed by atoms with E-state index < -0.39 is 12.1 Å². The summed E-state index contributed by atoms with van der Waals surface area (Å²) in [6.45, 7) is 7.32. The number of nitrogens with zero attached hydrogens (tertiary/aromatic N) is 3. The number of hydrogen-bond donors (Lipinski definition) is 1. The average Bonchev–Trinajstić information content (AvgIpc) is 3.10. The first-order valence-corrected chi connectivity index (χ1v) is 10.7. The minimum Gasteiger partial charge on any atom is -0.449 e. The summed E-state index contributed by atoms with van der Waals surface area (Å²) in [4.78, 5) is 24.9. The predicted octanol–water partition coefficient (Wildman–Crippen LogP) is 4.10. The van der Waals surface area contributed by atoms with Crippen molar-refractivity contribution in [1.29, 1.82) is 0 Å². The van der Waals surface area contributed by atoms with Crippen LogP contribution >= 0.6 is 11.8 Å². The summed E-state index contributed by atoms with van der Waals surface area (Å²) >= 11 is 1.49. The van der Waals surface area contributed by atoms with Gasteiger partial charge in [0.2, 0.25) is 0 Å².